The number of amides is 1. The molecule has 1 aromatic carbocycles. The third kappa shape index (κ3) is 7.47. The summed E-state index contributed by atoms with van der Waals surface area (Å²) in [4.78, 5) is 14.7. The van der Waals surface area contributed by atoms with E-state index in [9.17, 15) is 4.79 Å². The normalized spacial score (nSPS) is 20.3. The Morgan fingerprint density at radius 3 is 2.33 bits per heavy atom. The monoisotopic (exact) mass is 493 g/mol. The van der Waals surface area contributed by atoms with Crippen molar-refractivity contribution in [1.82, 2.24) is 0 Å². The SMILES string of the molecule is CO.COc1ccc2c(c1)NC(=O)C(CCC1(CCC3CC3)CC1)N2C.C[N-]C.[Y]. The number of nitrogens with one attached hydrogen (secondary N) is 1. The Bertz CT molecular complexity index is 663. The van der Waals surface area contributed by atoms with E-state index in [4.69, 9.17) is 9.84 Å². The van der Waals surface area contributed by atoms with Gasteiger partial charge in [-0.3, -0.25) is 4.79 Å². The summed E-state index contributed by atoms with van der Waals surface area (Å²) >= 11 is 0. The first kappa shape index (κ1) is 27.3. The van der Waals surface area contributed by atoms with Gasteiger partial charge in [-0.2, -0.15) is 14.1 Å². The Morgan fingerprint density at radius 1 is 1.20 bits per heavy atom. The molecule has 0 bridgehead atoms. The summed E-state index contributed by atoms with van der Waals surface area (Å²) < 4.78 is 5.26. The Morgan fingerprint density at radius 2 is 1.80 bits per heavy atom. The second-order valence-corrected chi connectivity index (χ2v) is 8.47. The molecule has 30 heavy (non-hydrogen) atoms. The molecule has 167 valence electrons. The number of nitrogens with zero attached hydrogens (tertiary/aromatic N) is 2. The summed E-state index contributed by atoms with van der Waals surface area (Å²) in [6.45, 7) is 0. The van der Waals surface area contributed by atoms with Gasteiger partial charge in [0, 0.05) is 52.9 Å². The molecule has 1 unspecified atom stereocenters. The maximum absolute atomic E-state index is 12.6. The standard InChI is InChI=1S/C20H28N2O2.C2H6N.CH4O.Y/c1-22-17-6-5-15(24-2)13-16(17)21-19(23)18(22)8-10-20(11-12-20)9-7-14-3-4-14;1-3-2;1-2;/h5-6,13-14,18H,3-4,7-12H2,1-2H3,(H,21,23);1-2H3;2H,1H3;/q;-1;;. The van der Waals surface area contributed by atoms with Gasteiger partial charge in [0.05, 0.1) is 18.5 Å². The van der Waals surface area contributed by atoms with Crippen LogP contribution in [0.25, 0.3) is 5.32 Å². The average Bonchev–Trinajstić information content (AvgIpc) is 3.64. The Hall–Kier alpha value is -0.686. The summed E-state index contributed by atoms with van der Waals surface area (Å²) in [5, 5.41) is 13.6. The number of carbonyl (C=O) groups excluding carboxylic acids is 1. The summed E-state index contributed by atoms with van der Waals surface area (Å²) in [6.07, 6.45) is 10.6. The van der Waals surface area contributed by atoms with E-state index in [1.165, 1.54) is 44.9 Å². The Balaban J connectivity index is 0.000000691. The van der Waals surface area contributed by atoms with Crippen molar-refractivity contribution in [3.8, 4) is 5.75 Å². The van der Waals surface area contributed by atoms with Gasteiger partial charge in [-0.1, -0.05) is 12.8 Å². The minimum absolute atomic E-state index is 0. The van der Waals surface area contributed by atoms with Crippen molar-refractivity contribution >= 4 is 17.3 Å². The number of ether oxygens (including phenoxy) is 1. The molecule has 3 aliphatic rings. The third-order valence-corrected chi connectivity index (χ3v) is 6.30. The number of likely N-dealkylation sites (N-methyl/N-ethyl adjacent to an activating group) is 1. The van der Waals surface area contributed by atoms with Crippen LogP contribution in [-0.2, 0) is 37.5 Å². The second kappa shape index (κ2) is 13.0. The van der Waals surface area contributed by atoms with Gasteiger partial charge in [-0.15, -0.1) is 0 Å². The maximum atomic E-state index is 12.6. The van der Waals surface area contributed by atoms with Crippen LogP contribution in [0.3, 0.4) is 0 Å². The molecule has 2 saturated carbocycles. The maximum Gasteiger partial charge on any atom is 0.247 e. The molecule has 2 fully saturated rings. The third-order valence-electron chi connectivity index (χ3n) is 6.30. The summed E-state index contributed by atoms with van der Waals surface area (Å²) in [5.74, 6) is 1.92. The molecule has 2 aliphatic carbocycles. The zero-order valence-electron chi connectivity index (χ0n) is 19.3. The molecule has 1 atom stereocenters. The molecule has 4 rings (SSSR count). The number of rotatable bonds is 7. The predicted molar refractivity (Wildman–Crippen MR) is 120 cm³/mol. The summed E-state index contributed by atoms with van der Waals surface area (Å²) in [7, 11) is 8.19. The number of aliphatic hydroxyl groups excluding tert-OH is 1. The molecule has 0 spiro atoms. The minimum Gasteiger partial charge on any atom is -0.668 e. The number of carbonyl (C=O) groups is 1. The van der Waals surface area contributed by atoms with E-state index in [1.54, 1.807) is 21.2 Å². The fourth-order valence-electron chi connectivity index (χ4n) is 4.10. The Labute approximate surface area is 207 Å². The van der Waals surface area contributed by atoms with Crippen LogP contribution in [-0.4, -0.2) is 52.4 Å². The fourth-order valence-corrected chi connectivity index (χ4v) is 4.10. The van der Waals surface area contributed by atoms with Gasteiger partial charge in [0.25, 0.3) is 0 Å². The number of fused-ring (bicyclic) bond motifs is 1. The van der Waals surface area contributed by atoms with Crippen molar-refractivity contribution in [2.24, 2.45) is 11.3 Å². The molecule has 1 aromatic rings. The smallest absolute Gasteiger partial charge is 0.247 e. The van der Waals surface area contributed by atoms with Crippen LogP contribution in [0.4, 0.5) is 11.4 Å². The van der Waals surface area contributed by atoms with Crippen LogP contribution in [0.5, 0.6) is 5.75 Å². The van der Waals surface area contributed by atoms with Crippen LogP contribution < -0.4 is 15.0 Å². The number of hydrogen-bond donors (Lipinski definition) is 2. The summed E-state index contributed by atoms with van der Waals surface area (Å²) in [6, 6.07) is 5.85. The van der Waals surface area contributed by atoms with Crippen molar-refractivity contribution in [3.05, 3.63) is 23.5 Å². The van der Waals surface area contributed by atoms with E-state index in [0.29, 0.717) is 5.41 Å². The molecule has 1 radical (unpaired) electrons. The quantitative estimate of drug-likeness (QED) is 0.590. The van der Waals surface area contributed by atoms with E-state index in [-0.39, 0.29) is 44.7 Å². The van der Waals surface area contributed by atoms with Gasteiger partial charge < -0.3 is 25.4 Å². The van der Waals surface area contributed by atoms with Crippen LogP contribution in [0.1, 0.15) is 51.4 Å². The average molecular weight is 493 g/mol. The zero-order chi connectivity index (χ0) is 21.4. The molecule has 1 aliphatic heterocycles. The number of aliphatic hydroxyl groups is 1. The number of anilines is 2. The molecule has 0 saturated heterocycles. The first-order chi connectivity index (χ1) is 14.0. The van der Waals surface area contributed by atoms with E-state index in [1.807, 2.05) is 25.2 Å². The number of benzene rings is 1. The molecule has 0 aromatic heterocycles. The molecular weight excluding hydrogens is 455 g/mol. The van der Waals surface area contributed by atoms with E-state index >= 15 is 0 Å². The minimum atomic E-state index is -0.0516. The molecule has 6 nitrogen and oxygen atoms in total. The van der Waals surface area contributed by atoms with Gasteiger partial charge in [0.2, 0.25) is 5.91 Å². The largest absolute Gasteiger partial charge is 0.668 e. The fraction of sp³-hybridized carbons (Fsp3) is 0.696. The van der Waals surface area contributed by atoms with Crippen molar-refractivity contribution in [2.75, 3.05) is 45.6 Å². The van der Waals surface area contributed by atoms with Gasteiger partial charge in [-0.25, -0.2) is 0 Å². The zero-order valence-corrected chi connectivity index (χ0v) is 22.1. The first-order valence-corrected chi connectivity index (χ1v) is 10.7. The van der Waals surface area contributed by atoms with Crippen molar-refractivity contribution in [3.63, 3.8) is 0 Å². The number of methoxy groups -OCH3 is 1. The van der Waals surface area contributed by atoms with E-state index in [2.05, 4.69) is 15.5 Å². The van der Waals surface area contributed by atoms with Crippen molar-refractivity contribution < 1.29 is 47.3 Å². The first-order valence-electron chi connectivity index (χ1n) is 10.7. The van der Waals surface area contributed by atoms with Gasteiger partial charge >= 0.3 is 0 Å². The summed E-state index contributed by atoms with van der Waals surface area (Å²) in [5.41, 5.74) is 2.50. The molecule has 1 amide bonds. The van der Waals surface area contributed by atoms with Gasteiger partial charge in [-0.05, 0) is 62.0 Å². The molecular formula is C23H38N3O3Y-. The molecule has 7 heteroatoms. The van der Waals surface area contributed by atoms with Crippen LogP contribution in [0.15, 0.2) is 18.2 Å². The van der Waals surface area contributed by atoms with Crippen LogP contribution in [0, 0.1) is 11.3 Å². The Kier molecular flexibility index (Phi) is 11.8. The van der Waals surface area contributed by atoms with Crippen LogP contribution >= 0.6 is 0 Å². The van der Waals surface area contributed by atoms with Crippen LogP contribution in [0.2, 0.25) is 0 Å². The van der Waals surface area contributed by atoms with E-state index < -0.39 is 0 Å². The van der Waals surface area contributed by atoms with Gasteiger partial charge in [0.1, 0.15) is 11.8 Å². The molecule has 2 N–H and O–H groups in total. The van der Waals surface area contributed by atoms with E-state index in [0.717, 1.165) is 36.6 Å². The van der Waals surface area contributed by atoms with Crippen molar-refractivity contribution in [2.45, 2.75) is 57.4 Å². The van der Waals surface area contributed by atoms with Gasteiger partial charge in [0.15, 0.2) is 0 Å². The predicted octanol–water partition coefficient (Wildman–Crippen LogP) is 4.43. The second-order valence-electron chi connectivity index (χ2n) is 8.47. The molecule has 1 heterocycles. The van der Waals surface area contributed by atoms with Crippen molar-refractivity contribution in [1.29, 1.82) is 0 Å². The topological polar surface area (TPSA) is 75.9 Å². The number of hydrogen-bond acceptors (Lipinski definition) is 4.